The molecule has 0 radical (unpaired) electrons. The zero-order valence-corrected chi connectivity index (χ0v) is 17.7. The lowest BCUT2D eigenvalue weighted by Gasteiger charge is -2.37. The maximum absolute atomic E-state index is 14.1. The molecule has 156 valence electrons. The van der Waals surface area contributed by atoms with Gasteiger partial charge in [0.15, 0.2) is 5.82 Å². The van der Waals surface area contributed by atoms with Gasteiger partial charge in [-0.25, -0.2) is 9.37 Å². The molecule has 1 aliphatic heterocycles. The number of nitrogens with zero attached hydrogens (tertiary/aromatic N) is 4. The fraction of sp³-hybridized carbons (Fsp3) is 0.273. The quantitative estimate of drug-likeness (QED) is 0.657. The summed E-state index contributed by atoms with van der Waals surface area (Å²) < 4.78 is 20.0. The van der Waals surface area contributed by atoms with Gasteiger partial charge in [0, 0.05) is 31.2 Å². The van der Waals surface area contributed by atoms with Gasteiger partial charge in [-0.2, -0.15) is 4.98 Å². The Morgan fingerprint density at radius 3 is 2.30 bits per heavy atom. The zero-order valence-electron chi connectivity index (χ0n) is 16.9. The highest BCUT2D eigenvalue weighted by Crippen LogP contribution is 2.34. The molecule has 2 heterocycles. The molecule has 1 aliphatic rings. The maximum atomic E-state index is 14.1. The van der Waals surface area contributed by atoms with Gasteiger partial charge in [-0.3, -0.25) is 0 Å². The van der Waals surface area contributed by atoms with Crippen molar-refractivity contribution >= 4 is 28.8 Å². The second kappa shape index (κ2) is 8.36. The highest BCUT2D eigenvalue weighted by Gasteiger charge is 2.23. The van der Waals surface area contributed by atoms with Gasteiger partial charge in [-0.05, 0) is 49.2 Å². The Kier molecular flexibility index (Phi) is 5.63. The van der Waals surface area contributed by atoms with Crippen LogP contribution >= 0.6 is 11.6 Å². The van der Waals surface area contributed by atoms with Crippen LogP contribution in [0.5, 0.6) is 11.6 Å². The molecular weight excluding hydrogens is 405 g/mol. The number of para-hydroxylation sites is 1. The van der Waals surface area contributed by atoms with Gasteiger partial charge < -0.3 is 20.3 Å². The van der Waals surface area contributed by atoms with Crippen molar-refractivity contribution in [1.29, 1.82) is 0 Å². The summed E-state index contributed by atoms with van der Waals surface area (Å²) in [5.41, 5.74) is 9.18. The van der Waals surface area contributed by atoms with E-state index in [0.29, 0.717) is 60.0 Å². The predicted molar refractivity (Wildman–Crippen MR) is 118 cm³/mol. The largest absolute Gasteiger partial charge is 0.437 e. The summed E-state index contributed by atoms with van der Waals surface area (Å²) in [5.74, 6) is 1.33. The number of hydrogen-bond acceptors (Lipinski definition) is 6. The molecule has 2 N–H and O–H groups in total. The van der Waals surface area contributed by atoms with E-state index in [-0.39, 0.29) is 5.82 Å². The van der Waals surface area contributed by atoms with Gasteiger partial charge >= 0.3 is 0 Å². The lowest BCUT2D eigenvalue weighted by atomic mass is 10.1. The molecule has 6 nitrogen and oxygen atoms in total. The lowest BCUT2D eigenvalue weighted by molar-refractivity contribution is 0.463. The number of benzene rings is 2. The van der Waals surface area contributed by atoms with E-state index >= 15 is 0 Å². The topological polar surface area (TPSA) is 67.5 Å². The molecular formula is C22H23ClFN5O. The molecule has 0 amide bonds. The van der Waals surface area contributed by atoms with E-state index in [1.807, 2.05) is 36.9 Å². The van der Waals surface area contributed by atoms with Gasteiger partial charge in [0.25, 0.3) is 0 Å². The van der Waals surface area contributed by atoms with Crippen molar-refractivity contribution in [2.75, 3.05) is 41.7 Å². The van der Waals surface area contributed by atoms with Crippen molar-refractivity contribution in [2.24, 2.45) is 0 Å². The van der Waals surface area contributed by atoms with E-state index in [4.69, 9.17) is 22.1 Å². The summed E-state index contributed by atoms with van der Waals surface area (Å²) in [6, 6.07) is 10.5. The Morgan fingerprint density at radius 1 is 1.00 bits per heavy atom. The molecule has 1 fully saturated rings. The van der Waals surface area contributed by atoms with Gasteiger partial charge in [-0.1, -0.05) is 23.7 Å². The predicted octanol–water partition coefficient (Wildman–Crippen LogP) is 4.59. The average Bonchev–Trinajstić information content (AvgIpc) is 2.74. The van der Waals surface area contributed by atoms with Crippen LogP contribution in [0.4, 0.5) is 21.6 Å². The standard InChI is InChI=1S/C22H23ClFN5O/c1-14-11-16(12-15(2)19(14)23)30-22-20(25)21(26-13-27-22)29-9-7-28(8-10-29)18-6-4-3-5-17(18)24/h3-6,11-13H,7-10,25H2,1-2H3. The van der Waals surface area contributed by atoms with Crippen LogP contribution in [0.25, 0.3) is 0 Å². The average molecular weight is 428 g/mol. The van der Waals surface area contributed by atoms with Crippen molar-refractivity contribution in [3.05, 3.63) is 64.7 Å². The first-order chi connectivity index (χ1) is 14.4. The Labute approximate surface area is 180 Å². The number of piperazine rings is 1. The van der Waals surface area contributed by atoms with Crippen molar-refractivity contribution < 1.29 is 9.13 Å². The lowest BCUT2D eigenvalue weighted by Crippen LogP contribution is -2.47. The van der Waals surface area contributed by atoms with E-state index in [1.54, 1.807) is 12.1 Å². The fourth-order valence-corrected chi connectivity index (χ4v) is 3.76. The molecule has 0 spiro atoms. The molecule has 1 aromatic heterocycles. The smallest absolute Gasteiger partial charge is 0.248 e. The van der Waals surface area contributed by atoms with E-state index in [0.717, 1.165) is 11.1 Å². The van der Waals surface area contributed by atoms with Crippen molar-refractivity contribution in [1.82, 2.24) is 9.97 Å². The van der Waals surface area contributed by atoms with Gasteiger partial charge in [0.2, 0.25) is 5.88 Å². The molecule has 1 saturated heterocycles. The molecule has 0 bridgehead atoms. The number of anilines is 3. The second-order valence-electron chi connectivity index (χ2n) is 7.31. The van der Waals surface area contributed by atoms with Crippen LogP contribution in [-0.4, -0.2) is 36.1 Å². The summed E-state index contributed by atoms with van der Waals surface area (Å²) in [6.07, 6.45) is 1.44. The van der Waals surface area contributed by atoms with Gasteiger partial charge in [0.05, 0.1) is 5.69 Å². The summed E-state index contributed by atoms with van der Waals surface area (Å²) in [6.45, 7) is 6.49. The van der Waals surface area contributed by atoms with Crippen LogP contribution in [0.2, 0.25) is 5.02 Å². The first-order valence-corrected chi connectivity index (χ1v) is 10.1. The first-order valence-electron chi connectivity index (χ1n) is 9.73. The van der Waals surface area contributed by atoms with Gasteiger partial charge in [0.1, 0.15) is 23.6 Å². The summed E-state index contributed by atoms with van der Waals surface area (Å²) in [4.78, 5) is 12.7. The molecule has 4 rings (SSSR count). The van der Waals surface area contributed by atoms with Crippen molar-refractivity contribution in [3.63, 3.8) is 0 Å². The van der Waals surface area contributed by atoms with Gasteiger partial charge in [-0.15, -0.1) is 0 Å². The van der Waals surface area contributed by atoms with Crippen LogP contribution in [0.1, 0.15) is 11.1 Å². The van der Waals surface area contributed by atoms with Crippen molar-refractivity contribution in [2.45, 2.75) is 13.8 Å². The SMILES string of the molecule is Cc1cc(Oc2ncnc(N3CCN(c4ccccc4F)CC3)c2N)cc(C)c1Cl. The second-order valence-corrected chi connectivity index (χ2v) is 7.69. The third-order valence-corrected chi connectivity index (χ3v) is 5.82. The number of hydrogen-bond donors (Lipinski definition) is 1. The van der Waals surface area contributed by atoms with E-state index in [1.165, 1.54) is 12.4 Å². The molecule has 0 aliphatic carbocycles. The number of halogens is 2. The number of aryl methyl sites for hydroxylation is 2. The highest BCUT2D eigenvalue weighted by atomic mass is 35.5. The summed E-state index contributed by atoms with van der Waals surface area (Å²) >= 11 is 6.24. The Morgan fingerprint density at radius 2 is 1.63 bits per heavy atom. The zero-order chi connectivity index (χ0) is 21.3. The number of ether oxygens (including phenoxy) is 1. The number of nitrogens with two attached hydrogens (primary N) is 1. The number of rotatable bonds is 4. The van der Waals surface area contributed by atoms with Crippen LogP contribution in [-0.2, 0) is 0 Å². The Hall–Kier alpha value is -3.06. The molecule has 30 heavy (non-hydrogen) atoms. The summed E-state index contributed by atoms with van der Waals surface area (Å²) in [7, 11) is 0. The molecule has 0 atom stereocenters. The maximum Gasteiger partial charge on any atom is 0.248 e. The van der Waals surface area contributed by atoms with Crippen LogP contribution in [0.15, 0.2) is 42.7 Å². The van der Waals surface area contributed by atoms with Crippen LogP contribution in [0.3, 0.4) is 0 Å². The number of aromatic nitrogens is 2. The molecule has 0 unspecified atom stereocenters. The van der Waals surface area contributed by atoms with E-state index < -0.39 is 0 Å². The molecule has 3 aromatic rings. The van der Waals surface area contributed by atoms with Crippen LogP contribution < -0.4 is 20.3 Å². The fourth-order valence-electron chi connectivity index (χ4n) is 3.65. The molecule has 2 aromatic carbocycles. The monoisotopic (exact) mass is 427 g/mol. The third kappa shape index (κ3) is 3.98. The molecule has 8 heteroatoms. The Bertz CT molecular complexity index is 1050. The van der Waals surface area contributed by atoms with E-state index in [9.17, 15) is 4.39 Å². The van der Waals surface area contributed by atoms with E-state index in [2.05, 4.69) is 14.9 Å². The normalized spacial score (nSPS) is 14.1. The molecule has 0 saturated carbocycles. The van der Waals surface area contributed by atoms with Crippen molar-refractivity contribution in [3.8, 4) is 11.6 Å². The third-order valence-electron chi connectivity index (χ3n) is 5.22. The Balaban J connectivity index is 1.51. The first kappa shape index (κ1) is 20.2. The minimum absolute atomic E-state index is 0.211. The minimum atomic E-state index is -0.211. The van der Waals surface area contributed by atoms with Crippen LogP contribution in [0, 0.1) is 19.7 Å². The highest BCUT2D eigenvalue weighted by molar-refractivity contribution is 6.32. The summed E-state index contributed by atoms with van der Waals surface area (Å²) in [5, 5.41) is 0.714. The minimum Gasteiger partial charge on any atom is -0.437 e. The number of nitrogen functional groups attached to an aromatic ring is 1.